The molecular weight excluding hydrogens is 412 g/mol. The van der Waals surface area contributed by atoms with Crippen LogP contribution in [0.25, 0.3) is 0 Å². The third kappa shape index (κ3) is 7.77. The van der Waals surface area contributed by atoms with E-state index in [4.69, 9.17) is 18.9 Å². The van der Waals surface area contributed by atoms with Crippen LogP contribution >= 0.6 is 0 Å². The van der Waals surface area contributed by atoms with E-state index in [0.717, 1.165) is 17.1 Å². The Morgan fingerprint density at radius 3 is 2.59 bits per heavy atom. The number of alkyl carbamates (subject to hydrolysis) is 1. The summed E-state index contributed by atoms with van der Waals surface area (Å²) in [4.78, 5) is 26.1. The van der Waals surface area contributed by atoms with Crippen LogP contribution in [0, 0.1) is 0 Å². The van der Waals surface area contributed by atoms with Gasteiger partial charge in [0, 0.05) is 19.5 Å². The Kier molecular flexibility index (Phi) is 9.19. The molecule has 1 atom stereocenters. The van der Waals surface area contributed by atoms with Crippen molar-refractivity contribution in [3.8, 4) is 11.5 Å². The molecule has 0 aliphatic carbocycles. The van der Waals surface area contributed by atoms with E-state index in [-0.39, 0.29) is 18.6 Å². The Bertz CT molecular complexity index is 843. The molecule has 1 fully saturated rings. The first-order valence-corrected chi connectivity index (χ1v) is 10.7. The van der Waals surface area contributed by atoms with Crippen LogP contribution in [0.15, 0.2) is 54.6 Å². The van der Waals surface area contributed by atoms with Crippen LogP contribution in [-0.4, -0.2) is 63.0 Å². The fourth-order valence-electron chi connectivity index (χ4n) is 3.27. The standard InChI is InChI=1S/C24H30N2O6/c1-29-20-9-11-21(12-10-20)31-18-22-16-26(14-15-30-22)23(27)8-5-13-25-24(28)32-17-19-6-3-2-4-7-19/h2-4,6-7,9-12,22H,5,8,13-18H2,1H3,(H,25,28)/t22-/m1/s1. The van der Waals surface area contributed by atoms with Gasteiger partial charge in [0.1, 0.15) is 30.8 Å². The lowest BCUT2D eigenvalue weighted by Gasteiger charge is -2.33. The van der Waals surface area contributed by atoms with Crippen LogP contribution in [0.4, 0.5) is 4.79 Å². The second-order valence-corrected chi connectivity index (χ2v) is 7.41. The molecule has 0 radical (unpaired) electrons. The van der Waals surface area contributed by atoms with Crippen LogP contribution in [-0.2, 0) is 20.9 Å². The molecule has 1 heterocycles. The number of carbonyl (C=O) groups is 2. The van der Waals surface area contributed by atoms with Gasteiger partial charge in [-0.2, -0.15) is 0 Å². The van der Waals surface area contributed by atoms with Gasteiger partial charge >= 0.3 is 6.09 Å². The van der Waals surface area contributed by atoms with Gasteiger partial charge in [0.15, 0.2) is 0 Å². The van der Waals surface area contributed by atoms with E-state index >= 15 is 0 Å². The van der Waals surface area contributed by atoms with E-state index in [1.165, 1.54) is 0 Å². The smallest absolute Gasteiger partial charge is 0.407 e. The van der Waals surface area contributed by atoms with Crippen molar-refractivity contribution < 1.29 is 28.5 Å². The summed E-state index contributed by atoms with van der Waals surface area (Å²) >= 11 is 0. The van der Waals surface area contributed by atoms with Gasteiger partial charge in [0.25, 0.3) is 0 Å². The third-order valence-electron chi connectivity index (χ3n) is 5.04. The highest BCUT2D eigenvalue weighted by Gasteiger charge is 2.24. The topological polar surface area (TPSA) is 86.3 Å². The normalized spacial score (nSPS) is 15.7. The highest BCUT2D eigenvalue weighted by molar-refractivity contribution is 5.76. The largest absolute Gasteiger partial charge is 0.497 e. The number of methoxy groups -OCH3 is 1. The van der Waals surface area contributed by atoms with Crippen molar-refractivity contribution in [3.05, 3.63) is 60.2 Å². The number of hydrogen-bond donors (Lipinski definition) is 1. The predicted molar refractivity (Wildman–Crippen MR) is 119 cm³/mol. The van der Waals surface area contributed by atoms with Gasteiger partial charge in [-0.15, -0.1) is 0 Å². The molecule has 1 saturated heterocycles. The molecule has 0 saturated carbocycles. The molecule has 8 heteroatoms. The fraction of sp³-hybridized carbons (Fsp3) is 0.417. The van der Waals surface area contributed by atoms with Crippen LogP contribution in [0.5, 0.6) is 11.5 Å². The monoisotopic (exact) mass is 442 g/mol. The Morgan fingerprint density at radius 1 is 1.09 bits per heavy atom. The van der Waals surface area contributed by atoms with Crippen LogP contribution in [0.2, 0.25) is 0 Å². The lowest BCUT2D eigenvalue weighted by molar-refractivity contribution is -0.140. The number of ether oxygens (including phenoxy) is 4. The van der Waals surface area contributed by atoms with E-state index in [1.54, 1.807) is 12.0 Å². The fourth-order valence-corrected chi connectivity index (χ4v) is 3.27. The summed E-state index contributed by atoms with van der Waals surface area (Å²) in [7, 11) is 1.62. The summed E-state index contributed by atoms with van der Waals surface area (Å²) in [5, 5.41) is 2.68. The van der Waals surface area contributed by atoms with E-state index in [1.807, 2.05) is 54.6 Å². The van der Waals surface area contributed by atoms with Gasteiger partial charge in [-0.05, 0) is 36.2 Å². The van der Waals surface area contributed by atoms with E-state index in [2.05, 4.69) is 5.32 Å². The number of carbonyl (C=O) groups excluding carboxylic acids is 2. The Hall–Kier alpha value is -3.26. The van der Waals surface area contributed by atoms with Crippen molar-refractivity contribution in [2.75, 3.05) is 40.0 Å². The molecular formula is C24H30N2O6. The summed E-state index contributed by atoms with van der Waals surface area (Å²) in [6.07, 6.45) is 0.235. The van der Waals surface area contributed by atoms with Gasteiger partial charge < -0.3 is 29.2 Å². The summed E-state index contributed by atoms with van der Waals surface area (Å²) in [5.41, 5.74) is 0.927. The maximum absolute atomic E-state index is 12.5. The van der Waals surface area contributed by atoms with E-state index in [0.29, 0.717) is 45.7 Å². The minimum atomic E-state index is -0.483. The van der Waals surface area contributed by atoms with E-state index < -0.39 is 6.09 Å². The summed E-state index contributed by atoms with van der Waals surface area (Å²) in [6, 6.07) is 16.8. The zero-order valence-corrected chi connectivity index (χ0v) is 18.3. The van der Waals surface area contributed by atoms with Crippen molar-refractivity contribution in [3.63, 3.8) is 0 Å². The quantitative estimate of drug-likeness (QED) is 0.570. The second kappa shape index (κ2) is 12.6. The van der Waals surface area contributed by atoms with Crippen LogP contribution in [0.1, 0.15) is 18.4 Å². The van der Waals surface area contributed by atoms with Gasteiger partial charge in [-0.25, -0.2) is 4.79 Å². The first kappa shape index (κ1) is 23.4. The molecule has 1 aliphatic heterocycles. The maximum atomic E-state index is 12.5. The zero-order chi connectivity index (χ0) is 22.6. The molecule has 32 heavy (non-hydrogen) atoms. The van der Waals surface area contributed by atoms with Crippen molar-refractivity contribution in [1.29, 1.82) is 0 Å². The molecule has 8 nitrogen and oxygen atoms in total. The average Bonchev–Trinajstić information content (AvgIpc) is 2.85. The lowest BCUT2D eigenvalue weighted by Crippen LogP contribution is -2.47. The van der Waals surface area contributed by atoms with Crippen molar-refractivity contribution in [2.45, 2.75) is 25.6 Å². The summed E-state index contributed by atoms with van der Waals surface area (Å²) in [6.45, 7) is 2.50. The Balaban J connectivity index is 1.30. The third-order valence-corrected chi connectivity index (χ3v) is 5.04. The molecule has 2 aromatic carbocycles. The lowest BCUT2D eigenvalue weighted by atomic mass is 10.2. The predicted octanol–water partition coefficient (Wildman–Crippen LogP) is 3.01. The highest BCUT2D eigenvalue weighted by atomic mass is 16.5. The van der Waals surface area contributed by atoms with Gasteiger partial charge in [0.05, 0.1) is 20.3 Å². The zero-order valence-electron chi connectivity index (χ0n) is 18.3. The number of benzene rings is 2. The number of nitrogens with zero attached hydrogens (tertiary/aromatic N) is 1. The molecule has 0 bridgehead atoms. The number of morpholine rings is 1. The molecule has 1 N–H and O–H groups in total. The highest BCUT2D eigenvalue weighted by Crippen LogP contribution is 2.18. The number of rotatable bonds is 10. The van der Waals surface area contributed by atoms with Gasteiger partial charge in [-0.1, -0.05) is 30.3 Å². The molecule has 2 aromatic rings. The van der Waals surface area contributed by atoms with Crippen LogP contribution < -0.4 is 14.8 Å². The van der Waals surface area contributed by atoms with Crippen LogP contribution in [0.3, 0.4) is 0 Å². The molecule has 3 rings (SSSR count). The van der Waals surface area contributed by atoms with Gasteiger partial charge in [-0.3, -0.25) is 4.79 Å². The van der Waals surface area contributed by atoms with Crippen molar-refractivity contribution in [1.82, 2.24) is 10.2 Å². The Morgan fingerprint density at radius 2 is 1.84 bits per heavy atom. The number of amides is 2. The maximum Gasteiger partial charge on any atom is 0.407 e. The first-order valence-electron chi connectivity index (χ1n) is 10.7. The molecule has 0 spiro atoms. The SMILES string of the molecule is COc1ccc(OC[C@H]2CN(C(=O)CCCNC(=O)OCc3ccccc3)CCO2)cc1. The minimum absolute atomic E-state index is 0.0437. The molecule has 0 unspecified atom stereocenters. The molecule has 1 aliphatic rings. The van der Waals surface area contributed by atoms with Crippen molar-refractivity contribution >= 4 is 12.0 Å². The second-order valence-electron chi connectivity index (χ2n) is 7.41. The first-order chi connectivity index (χ1) is 15.6. The minimum Gasteiger partial charge on any atom is -0.497 e. The van der Waals surface area contributed by atoms with Crippen molar-refractivity contribution in [2.24, 2.45) is 0 Å². The van der Waals surface area contributed by atoms with Gasteiger partial charge in [0.2, 0.25) is 5.91 Å². The number of nitrogens with one attached hydrogen (secondary N) is 1. The number of hydrogen-bond acceptors (Lipinski definition) is 6. The molecule has 2 amide bonds. The summed E-state index contributed by atoms with van der Waals surface area (Å²) < 4.78 is 21.8. The molecule has 172 valence electrons. The average molecular weight is 443 g/mol. The summed E-state index contributed by atoms with van der Waals surface area (Å²) in [5.74, 6) is 1.53. The van der Waals surface area contributed by atoms with E-state index in [9.17, 15) is 9.59 Å². The molecule has 0 aromatic heterocycles. The Labute approximate surface area is 188 Å².